The van der Waals surface area contributed by atoms with Crippen molar-refractivity contribution in [1.82, 2.24) is 0 Å². The number of carbonyl (C=O) groups is 1. The van der Waals surface area contributed by atoms with Crippen LogP contribution in [0.1, 0.15) is 16.6 Å². The first-order valence-electron chi connectivity index (χ1n) is 7.06. The zero-order valence-corrected chi connectivity index (χ0v) is 15.2. The van der Waals surface area contributed by atoms with E-state index in [4.69, 9.17) is 11.3 Å². The Morgan fingerprint density at radius 3 is 2.48 bits per heavy atom. The average molecular weight is 346 g/mol. The maximum absolute atomic E-state index is 12.3. The van der Waals surface area contributed by atoms with Gasteiger partial charge in [0.05, 0.1) is 17.4 Å². The number of thiophene rings is 1. The second-order valence-corrected chi connectivity index (χ2v) is 7.02. The number of hydrogen-bond donors (Lipinski definition) is 0. The van der Waals surface area contributed by atoms with Crippen LogP contribution in [0.4, 0.5) is 11.4 Å². The lowest BCUT2D eigenvalue weighted by Gasteiger charge is -2.13. The molecule has 1 aromatic carbocycles. The summed E-state index contributed by atoms with van der Waals surface area (Å²) < 4.78 is 6.00. The fourth-order valence-corrected chi connectivity index (χ4v) is 3.99. The number of thioether (sulfide) groups is 1. The summed E-state index contributed by atoms with van der Waals surface area (Å²) in [5.74, 6) is -0.366. The van der Waals surface area contributed by atoms with Crippen LogP contribution in [0.15, 0.2) is 28.5 Å². The Hall–Kier alpha value is -1.97. The lowest BCUT2D eigenvalue weighted by Crippen LogP contribution is -2.08. The van der Waals surface area contributed by atoms with Gasteiger partial charge in [0.1, 0.15) is 4.88 Å². The van der Waals surface area contributed by atoms with Crippen molar-refractivity contribution >= 4 is 40.4 Å². The molecule has 0 saturated heterocycles. The molecule has 0 bridgehead atoms. The minimum atomic E-state index is -0.366. The summed E-state index contributed by atoms with van der Waals surface area (Å²) in [5, 5.41) is 0. The van der Waals surface area contributed by atoms with Crippen molar-refractivity contribution in [1.29, 1.82) is 0 Å². The molecule has 0 saturated carbocycles. The van der Waals surface area contributed by atoms with Gasteiger partial charge in [0, 0.05) is 25.3 Å². The zero-order valence-electron chi connectivity index (χ0n) is 13.5. The molecule has 0 amide bonds. The number of nitrogens with zero attached hydrogens (tertiary/aromatic N) is 2. The molecular weight excluding hydrogens is 328 g/mol. The first kappa shape index (κ1) is 17.4. The summed E-state index contributed by atoms with van der Waals surface area (Å²) in [6.45, 7) is 9.60. The van der Waals surface area contributed by atoms with Gasteiger partial charge in [-0.25, -0.2) is 9.64 Å². The number of ether oxygens (including phenoxy) is 1. The van der Waals surface area contributed by atoms with Crippen LogP contribution < -0.4 is 4.90 Å². The van der Waals surface area contributed by atoms with Crippen molar-refractivity contribution in [2.75, 3.05) is 31.9 Å². The van der Waals surface area contributed by atoms with Crippen molar-refractivity contribution in [3.63, 3.8) is 0 Å². The lowest BCUT2D eigenvalue weighted by molar-refractivity contribution is 0.0533. The van der Waals surface area contributed by atoms with E-state index in [2.05, 4.69) is 4.85 Å². The van der Waals surface area contributed by atoms with Crippen molar-refractivity contribution in [3.8, 4) is 11.1 Å². The average Bonchev–Trinajstić information content (AvgIpc) is 2.93. The SMILES string of the molecule is [C-]#[N+]c1c(SC)sc(C(=O)OCC)c1-c1ccc(N(C)C)cc1. The number of anilines is 1. The lowest BCUT2D eigenvalue weighted by atomic mass is 10.0. The Morgan fingerprint density at radius 2 is 2.00 bits per heavy atom. The molecule has 4 nitrogen and oxygen atoms in total. The Morgan fingerprint density at radius 1 is 1.35 bits per heavy atom. The van der Waals surface area contributed by atoms with Crippen molar-refractivity contribution in [2.45, 2.75) is 11.1 Å². The monoisotopic (exact) mass is 346 g/mol. The van der Waals surface area contributed by atoms with Crippen LogP contribution in [0.3, 0.4) is 0 Å². The van der Waals surface area contributed by atoms with Crippen LogP contribution in [0, 0.1) is 6.57 Å². The van der Waals surface area contributed by atoms with E-state index in [1.165, 1.54) is 23.1 Å². The highest BCUT2D eigenvalue weighted by atomic mass is 32.2. The number of rotatable bonds is 5. The summed E-state index contributed by atoms with van der Waals surface area (Å²) in [4.78, 5) is 18.4. The van der Waals surface area contributed by atoms with Gasteiger partial charge in [-0.2, -0.15) is 0 Å². The highest BCUT2D eigenvalue weighted by molar-refractivity contribution is 8.00. The Kier molecular flexibility index (Phi) is 5.69. The fraction of sp³-hybridized carbons (Fsp3) is 0.294. The van der Waals surface area contributed by atoms with E-state index in [1.54, 1.807) is 6.92 Å². The topological polar surface area (TPSA) is 33.9 Å². The standard InChI is InChI=1S/C17H18N2O2S2/c1-6-21-16(20)15-13(14(18-2)17(22-5)23-15)11-7-9-12(10-8-11)19(3)4/h7-10H,6H2,1,3-5H3. The first-order valence-corrected chi connectivity index (χ1v) is 9.10. The van der Waals surface area contributed by atoms with Gasteiger partial charge in [-0.1, -0.05) is 12.1 Å². The van der Waals surface area contributed by atoms with Gasteiger partial charge in [-0.05, 0) is 30.9 Å². The molecule has 0 N–H and O–H groups in total. The highest BCUT2D eigenvalue weighted by Gasteiger charge is 2.24. The van der Waals surface area contributed by atoms with E-state index in [0.717, 1.165) is 15.5 Å². The molecule has 23 heavy (non-hydrogen) atoms. The maximum atomic E-state index is 12.3. The van der Waals surface area contributed by atoms with Crippen LogP contribution in [0.2, 0.25) is 0 Å². The molecule has 0 aliphatic heterocycles. The Bertz CT molecular complexity index is 743. The highest BCUT2D eigenvalue weighted by Crippen LogP contribution is 2.47. The van der Waals surface area contributed by atoms with Crippen LogP contribution >= 0.6 is 23.1 Å². The third-order valence-electron chi connectivity index (χ3n) is 3.28. The molecule has 0 fully saturated rings. The van der Waals surface area contributed by atoms with E-state index in [1.807, 2.05) is 49.5 Å². The van der Waals surface area contributed by atoms with Gasteiger partial charge in [-0.15, -0.1) is 23.1 Å². The van der Waals surface area contributed by atoms with Crippen LogP contribution in [0.5, 0.6) is 0 Å². The number of esters is 1. The van der Waals surface area contributed by atoms with Crippen LogP contribution in [0.25, 0.3) is 16.0 Å². The van der Waals surface area contributed by atoms with Crippen LogP contribution in [-0.4, -0.2) is 32.9 Å². The van der Waals surface area contributed by atoms with Crippen molar-refractivity contribution in [2.24, 2.45) is 0 Å². The predicted molar refractivity (Wildman–Crippen MR) is 98.1 cm³/mol. The summed E-state index contributed by atoms with van der Waals surface area (Å²) in [7, 11) is 3.94. The van der Waals surface area contributed by atoms with E-state index in [0.29, 0.717) is 22.7 Å². The predicted octanol–water partition coefficient (Wildman–Crippen LogP) is 4.93. The molecule has 0 atom stereocenters. The molecule has 0 unspecified atom stereocenters. The fourth-order valence-electron chi connectivity index (χ4n) is 2.18. The van der Waals surface area contributed by atoms with Crippen LogP contribution in [-0.2, 0) is 4.74 Å². The molecule has 1 heterocycles. The number of hydrogen-bond acceptors (Lipinski definition) is 5. The van der Waals surface area contributed by atoms with E-state index in [-0.39, 0.29) is 5.97 Å². The molecule has 0 spiro atoms. The second-order valence-electron chi connectivity index (χ2n) is 4.92. The Balaban J connectivity index is 2.61. The molecule has 120 valence electrons. The summed E-state index contributed by atoms with van der Waals surface area (Å²) in [5.41, 5.74) is 3.14. The van der Waals surface area contributed by atoms with Gasteiger partial charge in [0.15, 0.2) is 0 Å². The minimum absolute atomic E-state index is 0.317. The van der Waals surface area contributed by atoms with Gasteiger partial charge in [0.25, 0.3) is 0 Å². The third kappa shape index (κ3) is 3.52. The molecule has 0 radical (unpaired) electrons. The van der Waals surface area contributed by atoms with E-state index < -0.39 is 0 Å². The second kappa shape index (κ2) is 7.53. The van der Waals surface area contributed by atoms with Gasteiger partial charge < -0.3 is 9.64 Å². The molecular formula is C17H18N2O2S2. The van der Waals surface area contributed by atoms with Crippen molar-refractivity contribution in [3.05, 3.63) is 40.6 Å². The third-order valence-corrected chi connectivity index (χ3v) is 5.55. The van der Waals surface area contributed by atoms with Gasteiger partial charge in [-0.3, -0.25) is 0 Å². The smallest absolute Gasteiger partial charge is 0.347 e. The van der Waals surface area contributed by atoms with E-state index >= 15 is 0 Å². The molecule has 0 aliphatic carbocycles. The zero-order chi connectivity index (χ0) is 17.0. The normalized spacial score (nSPS) is 10.2. The molecule has 0 aliphatic rings. The number of carbonyl (C=O) groups excluding carboxylic acids is 1. The summed E-state index contributed by atoms with van der Waals surface area (Å²) >= 11 is 2.81. The first-order chi connectivity index (χ1) is 11.0. The summed E-state index contributed by atoms with van der Waals surface area (Å²) in [6, 6.07) is 7.85. The molecule has 2 rings (SSSR count). The van der Waals surface area contributed by atoms with Gasteiger partial charge in [0.2, 0.25) is 5.69 Å². The maximum Gasteiger partial charge on any atom is 0.347 e. The summed E-state index contributed by atoms with van der Waals surface area (Å²) in [6.07, 6.45) is 1.91. The quantitative estimate of drug-likeness (QED) is 0.437. The Labute approximate surface area is 144 Å². The minimum Gasteiger partial charge on any atom is -0.462 e. The largest absolute Gasteiger partial charge is 0.462 e. The number of benzene rings is 1. The van der Waals surface area contributed by atoms with Gasteiger partial charge >= 0.3 is 5.97 Å². The van der Waals surface area contributed by atoms with E-state index in [9.17, 15) is 4.79 Å². The molecule has 1 aromatic heterocycles. The van der Waals surface area contributed by atoms with Crippen molar-refractivity contribution < 1.29 is 9.53 Å². The molecule has 2 aromatic rings. The molecule has 6 heteroatoms.